The first-order valence-electron chi connectivity index (χ1n) is 6.57. The van der Waals surface area contributed by atoms with Gasteiger partial charge in [0.15, 0.2) is 0 Å². The van der Waals surface area contributed by atoms with Gasteiger partial charge in [0.1, 0.15) is 0 Å². The molecule has 0 saturated carbocycles. The fourth-order valence-electron chi connectivity index (χ4n) is 2.89. The molecule has 3 nitrogen and oxygen atoms in total. The molecule has 1 fully saturated rings. The number of thiophene rings is 1. The predicted octanol–water partition coefficient (Wildman–Crippen LogP) is 3.28. The number of halogens is 1. The highest BCUT2D eigenvalue weighted by Gasteiger charge is 2.41. The van der Waals surface area contributed by atoms with Gasteiger partial charge in [0.25, 0.3) is 0 Å². The zero-order valence-corrected chi connectivity index (χ0v) is 13.5. The average Bonchev–Trinajstić information content (AvgIpc) is 3.02. The molecule has 1 aliphatic heterocycles. The molecule has 0 radical (unpaired) electrons. The molecule has 1 saturated heterocycles. The summed E-state index contributed by atoms with van der Waals surface area (Å²) in [6, 6.07) is 2.28. The van der Waals surface area contributed by atoms with Crippen LogP contribution < -0.4 is 11.3 Å². The zero-order valence-electron chi connectivity index (χ0n) is 11.1. The van der Waals surface area contributed by atoms with Gasteiger partial charge in [-0.1, -0.05) is 6.92 Å². The highest BCUT2D eigenvalue weighted by atomic mass is 79.9. The lowest BCUT2D eigenvalue weighted by Crippen LogP contribution is -2.54. The Balaban J connectivity index is 2.31. The smallest absolute Gasteiger partial charge is 0.0745 e. The van der Waals surface area contributed by atoms with Crippen LogP contribution in [-0.4, -0.2) is 23.5 Å². The lowest BCUT2D eigenvalue weighted by atomic mass is 9.87. The molecule has 1 aromatic rings. The molecule has 5 heteroatoms. The van der Waals surface area contributed by atoms with Gasteiger partial charge in [0.2, 0.25) is 0 Å². The first kappa shape index (κ1) is 14.5. The first-order valence-corrected chi connectivity index (χ1v) is 8.24. The molecular formula is C13H22BrN3S. The second kappa shape index (κ2) is 6.01. The number of hydrazine groups is 1. The minimum Gasteiger partial charge on any atom is -0.296 e. The van der Waals surface area contributed by atoms with E-state index >= 15 is 0 Å². The van der Waals surface area contributed by atoms with Gasteiger partial charge in [-0.15, -0.1) is 11.3 Å². The number of nitrogens with zero attached hydrogens (tertiary/aromatic N) is 1. The maximum atomic E-state index is 5.87. The number of nitrogens with two attached hydrogens (primary N) is 1. The van der Waals surface area contributed by atoms with Crippen molar-refractivity contribution in [2.75, 3.05) is 13.1 Å². The van der Waals surface area contributed by atoms with Crippen LogP contribution in [0.2, 0.25) is 0 Å². The zero-order chi connectivity index (χ0) is 13.2. The highest BCUT2D eigenvalue weighted by Crippen LogP contribution is 2.40. The topological polar surface area (TPSA) is 41.3 Å². The molecule has 0 aliphatic carbocycles. The van der Waals surface area contributed by atoms with Crippen LogP contribution in [0.4, 0.5) is 0 Å². The van der Waals surface area contributed by atoms with Crippen molar-refractivity contribution in [3.05, 3.63) is 20.8 Å². The summed E-state index contributed by atoms with van der Waals surface area (Å²) in [5.41, 5.74) is 3.13. The van der Waals surface area contributed by atoms with Crippen LogP contribution in [0.15, 0.2) is 15.9 Å². The molecule has 3 N–H and O–H groups in total. The minimum atomic E-state index is 0.0820. The number of likely N-dealkylation sites (tertiary alicyclic amines) is 1. The number of rotatable bonds is 5. The quantitative estimate of drug-likeness (QED) is 0.642. The molecule has 0 spiro atoms. The summed E-state index contributed by atoms with van der Waals surface area (Å²) in [6.07, 6.45) is 3.70. The Bertz CT molecular complexity index is 389. The van der Waals surface area contributed by atoms with Crippen LogP contribution in [0.25, 0.3) is 0 Å². The fourth-order valence-corrected chi connectivity index (χ4v) is 4.69. The lowest BCUT2D eigenvalue weighted by molar-refractivity contribution is 0.0852. The van der Waals surface area contributed by atoms with Gasteiger partial charge in [0.05, 0.1) is 6.04 Å². The van der Waals surface area contributed by atoms with Gasteiger partial charge in [0, 0.05) is 14.9 Å². The van der Waals surface area contributed by atoms with Crippen molar-refractivity contribution in [2.45, 2.75) is 44.7 Å². The van der Waals surface area contributed by atoms with Crippen molar-refractivity contribution in [3.8, 4) is 0 Å². The first-order chi connectivity index (χ1) is 8.63. The summed E-state index contributed by atoms with van der Waals surface area (Å²) in [6.45, 7) is 6.95. The van der Waals surface area contributed by atoms with Gasteiger partial charge in [-0.3, -0.25) is 16.2 Å². The molecule has 0 aromatic carbocycles. The molecule has 2 rings (SSSR count). The maximum absolute atomic E-state index is 5.87. The summed E-state index contributed by atoms with van der Waals surface area (Å²) in [5.74, 6) is 5.87. The van der Waals surface area contributed by atoms with Crippen molar-refractivity contribution in [2.24, 2.45) is 5.84 Å². The molecule has 1 aromatic heterocycles. The van der Waals surface area contributed by atoms with E-state index in [4.69, 9.17) is 5.84 Å². The van der Waals surface area contributed by atoms with E-state index in [0.717, 1.165) is 10.9 Å². The molecule has 0 bridgehead atoms. The Hall–Kier alpha value is 0.0600. The van der Waals surface area contributed by atoms with E-state index in [1.165, 1.54) is 30.8 Å². The van der Waals surface area contributed by atoms with Crippen LogP contribution in [0.1, 0.15) is 44.0 Å². The SMILES string of the molecule is CCC(C)(C(NN)c1sccc1Br)N1CCCC1. The van der Waals surface area contributed by atoms with Crippen molar-refractivity contribution >= 4 is 27.3 Å². The monoisotopic (exact) mass is 331 g/mol. The molecule has 18 heavy (non-hydrogen) atoms. The van der Waals surface area contributed by atoms with Crippen LogP contribution in [0, 0.1) is 0 Å². The summed E-state index contributed by atoms with van der Waals surface area (Å²) in [4.78, 5) is 3.89. The molecular weight excluding hydrogens is 310 g/mol. The largest absolute Gasteiger partial charge is 0.296 e. The van der Waals surface area contributed by atoms with E-state index in [9.17, 15) is 0 Å². The van der Waals surface area contributed by atoms with Gasteiger partial charge < -0.3 is 0 Å². The third-order valence-electron chi connectivity index (χ3n) is 4.24. The Morgan fingerprint density at radius 3 is 2.67 bits per heavy atom. The average molecular weight is 332 g/mol. The van der Waals surface area contributed by atoms with Crippen LogP contribution in [0.3, 0.4) is 0 Å². The highest BCUT2D eigenvalue weighted by molar-refractivity contribution is 9.10. The minimum absolute atomic E-state index is 0.0820. The molecule has 2 atom stereocenters. The summed E-state index contributed by atoms with van der Waals surface area (Å²) in [5, 5.41) is 2.11. The second-order valence-corrected chi connectivity index (χ2v) is 6.94. The van der Waals surface area contributed by atoms with Gasteiger partial charge >= 0.3 is 0 Å². The van der Waals surface area contributed by atoms with E-state index < -0.39 is 0 Å². The van der Waals surface area contributed by atoms with Crippen molar-refractivity contribution < 1.29 is 0 Å². The summed E-state index contributed by atoms with van der Waals surface area (Å²) >= 11 is 5.40. The van der Waals surface area contributed by atoms with Crippen molar-refractivity contribution in [1.82, 2.24) is 10.3 Å². The molecule has 0 amide bonds. The summed E-state index contributed by atoms with van der Waals surface area (Å²) < 4.78 is 1.16. The molecule has 1 aliphatic rings. The Morgan fingerprint density at radius 2 is 2.22 bits per heavy atom. The maximum Gasteiger partial charge on any atom is 0.0745 e. The fraction of sp³-hybridized carbons (Fsp3) is 0.692. The third-order valence-corrected chi connectivity index (χ3v) is 6.18. The molecule has 102 valence electrons. The van der Waals surface area contributed by atoms with Crippen LogP contribution in [-0.2, 0) is 0 Å². The molecule has 2 heterocycles. The molecule has 2 unspecified atom stereocenters. The number of hydrogen-bond acceptors (Lipinski definition) is 4. The van der Waals surface area contributed by atoms with Crippen molar-refractivity contribution in [3.63, 3.8) is 0 Å². The van der Waals surface area contributed by atoms with E-state index in [-0.39, 0.29) is 11.6 Å². The lowest BCUT2D eigenvalue weighted by Gasteiger charge is -2.44. The Labute approximate surface area is 122 Å². The third kappa shape index (κ3) is 2.51. The van der Waals surface area contributed by atoms with Gasteiger partial charge in [-0.05, 0) is 66.7 Å². The van der Waals surface area contributed by atoms with E-state index in [0.29, 0.717) is 0 Å². The van der Waals surface area contributed by atoms with Gasteiger partial charge in [-0.25, -0.2) is 0 Å². The predicted molar refractivity (Wildman–Crippen MR) is 81.6 cm³/mol. The van der Waals surface area contributed by atoms with Crippen molar-refractivity contribution in [1.29, 1.82) is 0 Å². The Morgan fingerprint density at radius 1 is 1.56 bits per heavy atom. The Kier molecular flexibility index (Phi) is 4.83. The van der Waals surface area contributed by atoms with Crippen LogP contribution in [0.5, 0.6) is 0 Å². The van der Waals surface area contributed by atoms with E-state index in [1.54, 1.807) is 11.3 Å². The second-order valence-electron chi connectivity index (χ2n) is 5.14. The van der Waals surface area contributed by atoms with Crippen LogP contribution >= 0.6 is 27.3 Å². The summed E-state index contributed by atoms with van der Waals surface area (Å²) in [7, 11) is 0. The van der Waals surface area contributed by atoms with E-state index in [2.05, 4.69) is 51.5 Å². The standard InChI is InChI=1S/C13H22BrN3S/c1-3-13(2,17-7-4-5-8-17)12(16-15)11-10(14)6-9-18-11/h6,9,12,16H,3-5,7-8,15H2,1-2H3. The number of nitrogens with one attached hydrogen (secondary N) is 1. The van der Waals surface area contributed by atoms with Gasteiger partial charge in [-0.2, -0.15) is 0 Å². The number of hydrogen-bond donors (Lipinski definition) is 2. The van der Waals surface area contributed by atoms with E-state index in [1.807, 2.05) is 0 Å². The normalized spacial score (nSPS) is 22.0.